The van der Waals surface area contributed by atoms with Gasteiger partial charge in [-0.2, -0.15) is 8.78 Å². The van der Waals surface area contributed by atoms with E-state index in [0.717, 1.165) is 6.04 Å². The van der Waals surface area contributed by atoms with Crippen LogP contribution in [0.5, 0.6) is 0 Å². The van der Waals surface area contributed by atoms with Crippen LogP contribution in [-0.4, -0.2) is 47.3 Å². The van der Waals surface area contributed by atoms with Crippen molar-refractivity contribution in [3.63, 3.8) is 0 Å². The normalized spacial score (nSPS) is 24.7. The SMILES string of the molecule is CC(C)(C)C[Si](C)(C)OC[C@H]1OC(=O)C(F)(F)[C@@H]1O[Si](C)(C)C(C)(C)C. The number of ether oxygens (including phenoxy) is 1. The number of carbonyl (C=O) groups is 1. The summed E-state index contributed by atoms with van der Waals surface area (Å²) in [6, 6.07) is 0.880. The highest BCUT2D eigenvalue weighted by Crippen LogP contribution is 2.43. The Balaban J connectivity index is 2.94. The van der Waals surface area contributed by atoms with E-state index in [4.69, 9.17) is 13.6 Å². The summed E-state index contributed by atoms with van der Waals surface area (Å²) in [4.78, 5) is 11.7. The second kappa shape index (κ2) is 7.26. The van der Waals surface area contributed by atoms with E-state index in [-0.39, 0.29) is 17.1 Å². The van der Waals surface area contributed by atoms with Crippen molar-refractivity contribution in [3.05, 3.63) is 0 Å². The van der Waals surface area contributed by atoms with Gasteiger partial charge in [0.05, 0.1) is 6.61 Å². The molecule has 0 aromatic heterocycles. The van der Waals surface area contributed by atoms with Crippen LogP contribution in [0.1, 0.15) is 41.5 Å². The number of alkyl halides is 2. The van der Waals surface area contributed by atoms with E-state index < -0.39 is 40.7 Å². The molecule has 1 fully saturated rings. The molecule has 0 aliphatic carbocycles. The molecule has 154 valence electrons. The summed E-state index contributed by atoms with van der Waals surface area (Å²) in [6.45, 7) is 20.1. The van der Waals surface area contributed by atoms with E-state index in [0.29, 0.717) is 0 Å². The number of hydrogen-bond acceptors (Lipinski definition) is 4. The minimum atomic E-state index is -3.64. The fraction of sp³-hybridized carbons (Fsp3) is 0.944. The van der Waals surface area contributed by atoms with Crippen LogP contribution in [0.3, 0.4) is 0 Å². The highest BCUT2D eigenvalue weighted by Gasteiger charge is 2.63. The molecule has 1 aliphatic rings. The van der Waals surface area contributed by atoms with Crippen LogP contribution in [0.2, 0.25) is 37.3 Å². The first-order valence-corrected chi connectivity index (χ1v) is 15.2. The van der Waals surface area contributed by atoms with Gasteiger partial charge in [-0.25, -0.2) is 4.79 Å². The highest BCUT2D eigenvalue weighted by atomic mass is 28.4. The van der Waals surface area contributed by atoms with Gasteiger partial charge in [0.25, 0.3) is 0 Å². The molecule has 0 saturated carbocycles. The Hall–Kier alpha value is -0.316. The molecule has 26 heavy (non-hydrogen) atoms. The molecule has 0 bridgehead atoms. The van der Waals surface area contributed by atoms with Crippen molar-refractivity contribution in [1.29, 1.82) is 0 Å². The number of rotatable bonds is 6. The molecule has 0 unspecified atom stereocenters. The summed E-state index contributed by atoms with van der Waals surface area (Å²) in [7, 11) is -4.58. The largest absolute Gasteiger partial charge is 0.452 e. The van der Waals surface area contributed by atoms with Gasteiger partial charge in [-0.1, -0.05) is 41.5 Å². The van der Waals surface area contributed by atoms with E-state index in [1.54, 1.807) is 0 Å². The third kappa shape index (κ3) is 5.84. The van der Waals surface area contributed by atoms with Gasteiger partial charge in [0.2, 0.25) is 0 Å². The molecule has 0 aromatic rings. The fourth-order valence-corrected chi connectivity index (χ4v) is 7.59. The van der Waals surface area contributed by atoms with Crippen molar-refractivity contribution in [2.75, 3.05) is 6.61 Å². The molecule has 4 nitrogen and oxygen atoms in total. The topological polar surface area (TPSA) is 44.8 Å². The van der Waals surface area contributed by atoms with Gasteiger partial charge in [-0.3, -0.25) is 0 Å². The van der Waals surface area contributed by atoms with Crippen molar-refractivity contribution in [3.8, 4) is 0 Å². The number of cyclic esters (lactones) is 1. The van der Waals surface area contributed by atoms with Crippen LogP contribution in [0.25, 0.3) is 0 Å². The number of hydrogen-bond donors (Lipinski definition) is 0. The van der Waals surface area contributed by atoms with Crippen LogP contribution in [0.15, 0.2) is 0 Å². The molecule has 1 aliphatic heterocycles. The van der Waals surface area contributed by atoms with Crippen LogP contribution in [0.4, 0.5) is 8.78 Å². The highest BCUT2D eigenvalue weighted by molar-refractivity contribution is 6.74. The molecule has 2 atom stereocenters. The molecule has 1 rings (SSSR count). The summed E-state index contributed by atoms with van der Waals surface area (Å²) < 4.78 is 45.8. The maximum atomic E-state index is 14.4. The summed E-state index contributed by atoms with van der Waals surface area (Å²) in [5.74, 6) is -5.15. The van der Waals surface area contributed by atoms with Crippen molar-refractivity contribution in [1.82, 2.24) is 0 Å². The van der Waals surface area contributed by atoms with E-state index in [1.165, 1.54) is 0 Å². The zero-order valence-corrected chi connectivity index (χ0v) is 20.0. The Morgan fingerprint density at radius 3 is 2.00 bits per heavy atom. The molecule has 8 heteroatoms. The second-order valence-corrected chi connectivity index (χ2v) is 19.6. The minimum Gasteiger partial charge on any atom is -0.452 e. The molecule has 0 aromatic carbocycles. The smallest absolute Gasteiger partial charge is 0.380 e. The maximum Gasteiger partial charge on any atom is 0.380 e. The molecule has 1 saturated heterocycles. The first kappa shape index (κ1) is 23.7. The van der Waals surface area contributed by atoms with Crippen molar-refractivity contribution < 1.29 is 27.2 Å². The molecule has 0 N–H and O–H groups in total. The van der Waals surface area contributed by atoms with Crippen LogP contribution < -0.4 is 0 Å². The lowest BCUT2D eigenvalue weighted by Gasteiger charge is -2.40. The van der Waals surface area contributed by atoms with Gasteiger partial charge in [0.15, 0.2) is 28.8 Å². The monoisotopic (exact) mass is 410 g/mol. The fourth-order valence-electron chi connectivity index (χ4n) is 3.03. The Bertz CT molecular complexity index is 522. The lowest BCUT2D eigenvalue weighted by molar-refractivity contribution is -0.162. The van der Waals surface area contributed by atoms with Crippen molar-refractivity contribution >= 4 is 22.6 Å². The second-order valence-electron chi connectivity index (χ2n) is 10.7. The van der Waals surface area contributed by atoms with Gasteiger partial charge in [-0.15, -0.1) is 0 Å². The zero-order valence-electron chi connectivity index (χ0n) is 18.0. The maximum absolute atomic E-state index is 14.4. The van der Waals surface area contributed by atoms with Gasteiger partial charge >= 0.3 is 11.9 Å². The van der Waals surface area contributed by atoms with Crippen molar-refractivity contribution in [2.24, 2.45) is 5.41 Å². The Kier molecular flexibility index (Phi) is 6.62. The molecule has 0 radical (unpaired) electrons. The number of halogens is 2. The third-order valence-electron chi connectivity index (χ3n) is 5.05. The Morgan fingerprint density at radius 1 is 1.08 bits per heavy atom. The summed E-state index contributed by atoms with van der Waals surface area (Å²) >= 11 is 0. The molecule has 0 spiro atoms. The molecule has 1 heterocycles. The Morgan fingerprint density at radius 2 is 1.58 bits per heavy atom. The average molecular weight is 411 g/mol. The predicted octanol–water partition coefficient (Wildman–Crippen LogP) is 5.21. The van der Waals surface area contributed by atoms with E-state index in [9.17, 15) is 13.6 Å². The van der Waals surface area contributed by atoms with Crippen molar-refractivity contribution in [2.45, 2.75) is 96.9 Å². The van der Waals surface area contributed by atoms with E-state index in [1.807, 2.05) is 33.9 Å². The standard InChI is InChI=1S/C18H36F2O4Si2/c1-16(2,3)12-25(7,8)22-11-13-14(18(19,20)15(21)23-13)24-26(9,10)17(4,5)6/h13-14H,11-12H2,1-10H3/t13-,14-/m1/s1. The third-order valence-corrected chi connectivity index (χ3v) is 12.4. The van der Waals surface area contributed by atoms with Gasteiger partial charge in [-0.05, 0) is 42.7 Å². The lowest BCUT2D eigenvalue weighted by atomic mass is 10.0. The summed E-state index contributed by atoms with van der Waals surface area (Å²) in [6.07, 6.45) is -2.66. The van der Waals surface area contributed by atoms with Gasteiger partial charge < -0.3 is 13.6 Å². The summed E-state index contributed by atoms with van der Waals surface area (Å²) in [5.41, 5.74) is 0.0864. The quantitative estimate of drug-likeness (QED) is 0.446. The molecule has 0 amide bonds. The van der Waals surface area contributed by atoms with Gasteiger partial charge in [0, 0.05) is 0 Å². The first-order valence-electron chi connectivity index (χ1n) is 9.19. The lowest BCUT2D eigenvalue weighted by Crippen LogP contribution is -2.52. The zero-order chi connectivity index (χ0) is 20.8. The number of carbonyl (C=O) groups excluding carboxylic acids is 1. The Labute approximate surface area is 159 Å². The van der Waals surface area contributed by atoms with E-state index in [2.05, 4.69) is 33.9 Å². The van der Waals surface area contributed by atoms with Crippen LogP contribution in [0, 0.1) is 5.41 Å². The number of esters is 1. The summed E-state index contributed by atoms with van der Waals surface area (Å²) in [5, 5.41) is -0.250. The van der Waals surface area contributed by atoms with Crippen LogP contribution in [-0.2, 0) is 18.4 Å². The first-order chi connectivity index (χ1) is 11.3. The molecular weight excluding hydrogens is 374 g/mol. The predicted molar refractivity (Wildman–Crippen MR) is 105 cm³/mol. The minimum absolute atomic E-state index is 0.0457. The molecular formula is C18H36F2O4Si2. The average Bonchev–Trinajstić information content (AvgIpc) is 2.55. The van der Waals surface area contributed by atoms with E-state index >= 15 is 0 Å². The van der Waals surface area contributed by atoms with Gasteiger partial charge in [0.1, 0.15) is 0 Å². The van der Waals surface area contributed by atoms with Crippen LogP contribution >= 0.6 is 0 Å².